The van der Waals surface area contributed by atoms with Crippen molar-refractivity contribution in [1.29, 1.82) is 0 Å². The summed E-state index contributed by atoms with van der Waals surface area (Å²) in [5.74, 6) is 1.77. The first-order chi connectivity index (χ1) is 14.9. The van der Waals surface area contributed by atoms with Crippen LogP contribution in [0, 0.1) is 5.92 Å². The number of rotatable bonds is 6. The first-order valence-electron chi connectivity index (χ1n) is 10.8. The molecule has 0 amide bonds. The third-order valence-electron chi connectivity index (χ3n) is 6.72. The monoisotopic (exact) mass is 435 g/mol. The molecule has 0 aliphatic heterocycles. The number of aliphatic hydroxyl groups is 1. The Bertz CT molecular complexity index is 1250. The first-order valence-corrected chi connectivity index (χ1v) is 11.1. The highest BCUT2D eigenvalue weighted by Gasteiger charge is 2.35. The Hall–Kier alpha value is -2.70. The quantitative estimate of drug-likeness (QED) is 0.451. The Balaban J connectivity index is 1.47. The lowest BCUT2D eigenvalue weighted by Crippen LogP contribution is -2.39. The van der Waals surface area contributed by atoms with E-state index in [9.17, 15) is 5.11 Å². The predicted molar refractivity (Wildman–Crippen MR) is 124 cm³/mol. The van der Waals surface area contributed by atoms with Crippen molar-refractivity contribution in [2.45, 2.75) is 44.6 Å². The van der Waals surface area contributed by atoms with Gasteiger partial charge in [-0.15, -0.1) is 10.2 Å². The van der Waals surface area contributed by atoms with Crippen LogP contribution in [0.3, 0.4) is 0 Å². The Kier molecular flexibility index (Phi) is 5.07. The molecule has 1 atom stereocenters. The maximum atomic E-state index is 10.8. The molecule has 31 heavy (non-hydrogen) atoms. The molecule has 1 aliphatic carbocycles. The van der Waals surface area contributed by atoms with Gasteiger partial charge in [0.1, 0.15) is 12.1 Å². The van der Waals surface area contributed by atoms with Gasteiger partial charge in [-0.25, -0.2) is 0 Å². The maximum Gasteiger partial charge on any atom is 0.257 e. The summed E-state index contributed by atoms with van der Waals surface area (Å²) in [6, 6.07) is 14.2. The fourth-order valence-electron chi connectivity index (χ4n) is 4.45. The Labute approximate surface area is 186 Å². The number of aromatic nitrogens is 4. The highest BCUT2D eigenvalue weighted by molar-refractivity contribution is 6.31. The van der Waals surface area contributed by atoms with Gasteiger partial charge in [0.15, 0.2) is 0 Å². The molecule has 6 nitrogen and oxygen atoms in total. The van der Waals surface area contributed by atoms with Crippen LogP contribution in [-0.2, 0) is 6.42 Å². The van der Waals surface area contributed by atoms with Gasteiger partial charge in [0.2, 0.25) is 0 Å². The van der Waals surface area contributed by atoms with Gasteiger partial charge in [0.05, 0.1) is 11.1 Å². The normalized spacial score (nSPS) is 16.4. The summed E-state index contributed by atoms with van der Waals surface area (Å²) < 4.78 is 1.84. The summed E-state index contributed by atoms with van der Waals surface area (Å²) in [6.07, 6.45) is 6.80. The number of benzene rings is 2. The van der Waals surface area contributed by atoms with E-state index in [1.807, 2.05) is 36.6 Å². The van der Waals surface area contributed by atoms with Crippen LogP contribution in [0.5, 0.6) is 0 Å². The topological polar surface area (TPSA) is 66.5 Å². The number of fused-ring (bicyclic) bond motifs is 3. The van der Waals surface area contributed by atoms with E-state index < -0.39 is 5.60 Å². The summed E-state index contributed by atoms with van der Waals surface area (Å²) in [7, 11) is 2.01. The van der Waals surface area contributed by atoms with Gasteiger partial charge in [-0.3, -0.25) is 4.40 Å². The summed E-state index contributed by atoms with van der Waals surface area (Å²) in [5, 5.41) is 20.6. The Morgan fingerprint density at radius 1 is 1.23 bits per heavy atom. The van der Waals surface area contributed by atoms with E-state index in [4.69, 9.17) is 16.6 Å². The van der Waals surface area contributed by atoms with Crippen molar-refractivity contribution in [2.75, 3.05) is 11.9 Å². The van der Waals surface area contributed by atoms with Gasteiger partial charge >= 0.3 is 0 Å². The van der Waals surface area contributed by atoms with E-state index in [1.165, 1.54) is 12.0 Å². The van der Waals surface area contributed by atoms with E-state index in [-0.39, 0.29) is 0 Å². The molecule has 0 spiro atoms. The van der Waals surface area contributed by atoms with Gasteiger partial charge in [-0.1, -0.05) is 30.2 Å². The molecular weight excluding hydrogens is 410 g/mol. The summed E-state index contributed by atoms with van der Waals surface area (Å²) in [4.78, 5) is 6.83. The number of aryl methyl sites for hydroxylation is 1. The zero-order chi connectivity index (χ0) is 21.6. The zero-order valence-electron chi connectivity index (χ0n) is 17.8. The summed E-state index contributed by atoms with van der Waals surface area (Å²) in [5.41, 5.74) is 2.57. The highest BCUT2D eigenvalue weighted by atomic mass is 35.5. The minimum absolute atomic E-state index is 0.440. The lowest BCUT2D eigenvalue weighted by atomic mass is 9.71. The van der Waals surface area contributed by atoms with Crippen molar-refractivity contribution >= 4 is 39.8 Å². The number of halogens is 1. The molecule has 2 aromatic carbocycles. The molecule has 1 saturated carbocycles. The average molecular weight is 436 g/mol. The molecule has 7 heteroatoms. The minimum atomic E-state index is -0.587. The van der Waals surface area contributed by atoms with E-state index >= 15 is 0 Å². The minimum Gasteiger partial charge on any atom is -0.390 e. The second-order valence-corrected chi connectivity index (χ2v) is 9.25. The van der Waals surface area contributed by atoms with Gasteiger partial charge < -0.3 is 10.0 Å². The molecule has 0 radical (unpaired) electrons. The number of nitrogens with zero attached hydrogens (tertiary/aromatic N) is 5. The standard InChI is InChI=1S/C24H26ClN5O/c1-24(31,17-6-4-7-17)12-11-16-5-3-8-19(13-16)29(2)22-20-10-9-18(25)14-21(20)30-15-26-28-23(30)27-22/h3,5,8-10,13-15,17,31H,4,6-7,11-12H2,1-2H3. The van der Waals surface area contributed by atoms with E-state index in [1.54, 1.807) is 6.33 Å². The van der Waals surface area contributed by atoms with Crippen molar-refractivity contribution in [2.24, 2.45) is 5.92 Å². The van der Waals surface area contributed by atoms with Gasteiger partial charge in [0.25, 0.3) is 5.78 Å². The van der Waals surface area contributed by atoms with Crippen LogP contribution in [0.15, 0.2) is 48.8 Å². The van der Waals surface area contributed by atoms with Crippen molar-refractivity contribution in [1.82, 2.24) is 19.6 Å². The van der Waals surface area contributed by atoms with Crippen LogP contribution in [0.2, 0.25) is 5.02 Å². The van der Waals surface area contributed by atoms with Crippen molar-refractivity contribution in [3.8, 4) is 0 Å². The molecule has 5 rings (SSSR count). The molecule has 0 saturated heterocycles. The molecule has 2 aromatic heterocycles. The van der Waals surface area contributed by atoms with Gasteiger partial charge in [-0.05, 0) is 74.4 Å². The third-order valence-corrected chi connectivity index (χ3v) is 6.95. The Morgan fingerprint density at radius 2 is 2.06 bits per heavy atom. The van der Waals surface area contributed by atoms with E-state index in [0.717, 1.165) is 48.1 Å². The molecule has 160 valence electrons. The first kappa shape index (κ1) is 20.2. The lowest BCUT2D eigenvalue weighted by Gasteiger charge is -2.39. The highest BCUT2D eigenvalue weighted by Crippen LogP contribution is 2.39. The summed E-state index contributed by atoms with van der Waals surface area (Å²) >= 11 is 6.26. The molecule has 0 bridgehead atoms. The molecular formula is C24H26ClN5O. The number of anilines is 2. The van der Waals surface area contributed by atoms with E-state index in [0.29, 0.717) is 16.7 Å². The fourth-order valence-corrected chi connectivity index (χ4v) is 4.62. The largest absolute Gasteiger partial charge is 0.390 e. The zero-order valence-corrected chi connectivity index (χ0v) is 18.5. The van der Waals surface area contributed by atoms with Crippen molar-refractivity contribution in [3.63, 3.8) is 0 Å². The maximum absolute atomic E-state index is 10.8. The van der Waals surface area contributed by atoms with Crippen molar-refractivity contribution < 1.29 is 5.11 Å². The second-order valence-electron chi connectivity index (χ2n) is 8.81. The third kappa shape index (κ3) is 3.75. The molecule has 2 heterocycles. The number of hydrogen-bond donors (Lipinski definition) is 1. The summed E-state index contributed by atoms with van der Waals surface area (Å²) in [6.45, 7) is 1.99. The van der Waals surface area contributed by atoms with Crippen LogP contribution in [0.1, 0.15) is 38.2 Å². The number of hydrogen-bond acceptors (Lipinski definition) is 5. The van der Waals surface area contributed by atoms with Crippen LogP contribution in [0.25, 0.3) is 16.7 Å². The molecule has 1 unspecified atom stereocenters. The van der Waals surface area contributed by atoms with Crippen LogP contribution in [0.4, 0.5) is 11.5 Å². The molecule has 1 N–H and O–H groups in total. The SMILES string of the molecule is CN(c1cccc(CCC(C)(O)C2CCC2)c1)c1nc2nncn2c2cc(Cl)ccc12. The van der Waals surface area contributed by atoms with Gasteiger partial charge in [0, 0.05) is 23.1 Å². The Morgan fingerprint density at radius 3 is 2.84 bits per heavy atom. The van der Waals surface area contributed by atoms with Crippen LogP contribution in [-0.4, -0.2) is 37.3 Å². The van der Waals surface area contributed by atoms with Crippen molar-refractivity contribution in [3.05, 3.63) is 59.4 Å². The second kappa shape index (κ2) is 7.77. The van der Waals surface area contributed by atoms with E-state index in [2.05, 4.69) is 39.4 Å². The molecule has 1 fully saturated rings. The van der Waals surface area contributed by atoms with Gasteiger partial charge in [-0.2, -0.15) is 4.98 Å². The lowest BCUT2D eigenvalue weighted by molar-refractivity contribution is -0.0407. The average Bonchev–Trinajstić information content (AvgIpc) is 3.19. The predicted octanol–water partition coefficient (Wildman–Crippen LogP) is 5.18. The van der Waals surface area contributed by atoms with Crippen LogP contribution < -0.4 is 4.90 Å². The fraction of sp³-hybridized carbons (Fsp3) is 0.375. The smallest absolute Gasteiger partial charge is 0.257 e. The molecule has 4 aromatic rings. The molecule has 1 aliphatic rings. The van der Waals surface area contributed by atoms with Crippen LogP contribution >= 0.6 is 11.6 Å².